The highest BCUT2D eigenvalue weighted by molar-refractivity contribution is 6.01. The van der Waals surface area contributed by atoms with E-state index < -0.39 is 5.91 Å². The second-order valence-corrected chi connectivity index (χ2v) is 7.07. The van der Waals surface area contributed by atoms with Gasteiger partial charge < -0.3 is 20.7 Å². The SMILES string of the molecule is CC1CCCCN1c1ccc(NC(=O)CN2CCOCC2)cc1C(N)=O. The molecule has 0 saturated carbocycles. The Morgan fingerprint density at radius 3 is 2.69 bits per heavy atom. The summed E-state index contributed by atoms with van der Waals surface area (Å²) in [6, 6.07) is 5.81. The summed E-state index contributed by atoms with van der Waals surface area (Å²) in [6.07, 6.45) is 3.43. The van der Waals surface area contributed by atoms with E-state index in [0.29, 0.717) is 37.1 Å². The van der Waals surface area contributed by atoms with E-state index in [4.69, 9.17) is 10.5 Å². The number of anilines is 2. The summed E-state index contributed by atoms with van der Waals surface area (Å²) in [7, 11) is 0. The molecule has 2 amide bonds. The number of ether oxygens (including phenoxy) is 1. The van der Waals surface area contributed by atoms with E-state index >= 15 is 0 Å². The van der Waals surface area contributed by atoms with Crippen molar-refractivity contribution >= 4 is 23.2 Å². The zero-order valence-electron chi connectivity index (χ0n) is 15.4. The summed E-state index contributed by atoms with van der Waals surface area (Å²) in [6.45, 7) is 6.23. The number of benzene rings is 1. The highest BCUT2D eigenvalue weighted by atomic mass is 16.5. The van der Waals surface area contributed by atoms with Crippen LogP contribution in [-0.2, 0) is 9.53 Å². The molecule has 0 radical (unpaired) electrons. The molecule has 2 saturated heterocycles. The molecule has 0 aromatic heterocycles. The number of nitrogens with zero attached hydrogens (tertiary/aromatic N) is 2. The quantitative estimate of drug-likeness (QED) is 0.829. The van der Waals surface area contributed by atoms with E-state index in [2.05, 4.69) is 22.0 Å². The van der Waals surface area contributed by atoms with E-state index in [1.165, 1.54) is 6.42 Å². The molecular formula is C19H28N4O3. The Bertz CT molecular complexity index is 658. The Hall–Kier alpha value is -2.12. The van der Waals surface area contributed by atoms with Crippen LogP contribution >= 0.6 is 0 Å². The van der Waals surface area contributed by atoms with Crippen molar-refractivity contribution in [2.45, 2.75) is 32.2 Å². The average Bonchev–Trinajstić information content (AvgIpc) is 2.63. The van der Waals surface area contributed by atoms with Crippen molar-refractivity contribution < 1.29 is 14.3 Å². The van der Waals surface area contributed by atoms with E-state index in [0.717, 1.165) is 38.2 Å². The first-order chi connectivity index (χ1) is 12.5. The topological polar surface area (TPSA) is 87.9 Å². The van der Waals surface area contributed by atoms with Crippen molar-refractivity contribution in [3.63, 3.8) is 0 Å². The maximum absolute atomic E-state index is 12.3. The standard InChI is InChI=1S/C19H28N4O3/c1-14-4-2-3-7-23(14)17-6-5-15(12-16(17)19(20)25)21-18(24)13-22-8-10-26-11-9-22/h5-6,12,14H,2-4,7-11,13H2,1H3,(H2,20,25)(H,21,24). The maximum atomic E-state index is 12.3. The fourth-order valence-electron chi connectivity index (χ4n) is 3.68. The van der Waals surface area contributed by atoms with Gasteiger partial charge in [0, 0.05) is 37.1 Å². The molecule has 2 heterocycles. The van der Waals surface area contributed by atoms with Gasteiger partial charge in [0.05, 0.1) is 25.3 Å². The molecule has 7 heteroatoms. The van der Waals surface area contributed by atoms with Crippen molar-refractivity contribution in [3.8, 4) is 0 Å². The molecule has 0 bridgehead atoms. The van der Waals surface area contributed by atoms with E-state index in [9.17, 15) is 9.59 Å². The smallest absolute Gasteiger partial charge is 0.250 e. The van der Waals surface area contributed by atoms with Gasteiger partial charge in [-0.1, -0.05) is 0 Å². The number of rotatable bonds is 5. The molecule has 2 fully saturated rings. The predicted octanol–water partition coefficient (Wildman–Crippen LogP) is 1.44. The van der Waals surface area contributed by atoms with Crippen LogP contribution < -0.4 is 16.0 Å². The number of amides is 2. The van der Waals surface area contributed by atoms with Gasteiger partial charge in [-0.2, -0.15) is 0 Å². The molecular weight excluding hydrogens is 332 g/mol. The summed E-state index contributed by atoms with van der Waals surface area (Å²) in [5, 5.41) is 2.88. The molecule has 1 aromatic rings. The third-order valence-corrected chi connectivity index (χ3v) is 5.13. The number of carbonyl (C=O) groups excluding carboxylic acids is 2. The van der Waals surface area contributed by atoms with Crippen molar-refractivity contribution in [1.82, 2.24) is 4.90 Å². The normalized spacial score (nSPS) is 21.4. The number of nitrogens with two attached hydrogens (primary N) is 1. The largest absolute Gasteiger partial charge is 0.379 e. The van der Waals surface area contributed by atoms with Gasteiger partial charge in [-0.15, -0.1) is 0 Å². The number of piperidine rings is 1. The molecule has 2 aliphatic rings. The van der Waals surface area contributed by atoms with Crippen LogP contribution in [0.5, 0.6) is 0 Å². The van der Waals surface area contributed by atoms with Crippen LogP contribution in [0.1, 0.15) is 36.5 Å². The monoisotopic (exact) mass is 360 g/mol. The van der Waals surface area contributed by atoms with Gasteiger partial charge in [-0.3, -0.25) is 14.5 Å². The van der Waals surface area contributed by atoms with Crippen LogP contribution in [-0.4, -0.2) is 62.1 Å². The summed E-state index contributed by atoms with van der Waals surface area (Å²) in [5.74, 6) is -0.566. The van der Waals surface area contributed by atoms with Crippen molar-refractivity contribution in [2.75, 3.05) is 49.6 Å². The minimum absolute atomic E-state index is 0.0959. The lowest BCUT2D eigenvalue weighted by atomic mass is 10.0. The Kier molecular flexibility index (Phi) is 6.11. The molecule has 26 heavy (non-hydrogen) atoms. The first-order valence-corrected chi connectivity index (χ1v) is 9.35. The Labute approximate surface area is 154 Å². The molecule has 1 atom stereocenters. The van der Waals surface area contributed by atoms with Crippen LogP contribution in [0.3, 0.4) is 0 Å². The van der Waals surface area contributed by atoms with E-state index in [-0.39, 0.29) is 5.91 Å². The predicted molar refractivity (Wildman–Crippen MR) is 102 cm³/mol. The fraction of sp³-hybridized carbons (Fsp3) is 0.579. The van der Waals surface area contributed by atoms with Crippen molar-refractivity contribution in [1.29, 1.82) is 0 Å². The average molecular weight is 360 g/mol. The van der Waals surface area contributed by atoms with E-state index in [1.807, 2.05) is 12.1 Å². The highest BCUT2D eigenvalue weighted by Crippen LogP contribution is 2.29. The fourth-order valence-corrected chi connectivity index (χ4v) is 3.68. The maximum Gasteiger partial charge on any atom is 0.250 e. The second kappa shape index (κ2) is 8.51. The molecule has 2 aliphatic heterocycles. The van der Waals surface area contributed by atoms with E-state index in [1.54, 1.807) is 6.07 Å². The molecule has 1 aromatic carbocycles. The van der Waals surface area contributed by atoms with Gasteiger partial charge in [0.15, 0.2) is 0 Å². The zero-order chi connectivity index (χ0) is 18.5. The third-order valence-electron chi connectivity index (χ3n) is 5.13. The highest BCUT2D eigenvalue weighted by Gasteiger charge is 2.23. The summed E-state index contributed by atoms with van der Waals surface area (Å²) in [5.41, 5.74) is 7.54. The lowest BCUT2D eigenvalue weighted by Gasteiger charge is -2.36. The van der Waals surface area contributed by atoms with Crippen LogP contribution in [0.2, 0.25) is 0 Å². The molecule has 3 N–H and O–H groups in total. The zero-order valence-corrected chi connectivity index (χ0v) is 15.4. The van der Waals surface area contributed by atoms with Crippen LogP contribution in [0.4, 0.5) is 11.4 Å². The minimum Gasteiger partial charge on any atom is -0.379 e. The second-order valence-electron chi connectivity index (χ2n) is 7.07. The first kappa shape index (κ1) is 18.7. The molecule has 3 rings (SSSR count). The number of hydrogen-bond donors (Lipinski definition) is 2. The minimum atomic E-state index is -0.470. The number of nitrogens with one attached hydrogen (secondary N) is 1. The third kappa shape index (κ3) is 4.53. The molecule has 142 valence electrons. The first-order valence-electron chi connectivity index (χ1n) is 9.35. The van der Waals surface area contributed by atoms with Gasteiger partial charge >= 0.3 is 0 Å². The van der Waals surface area contributed by atoms with Gasteiger partial charge in [-0.25, -0.2) is 0 Å². The number of primary amides is 1. The number of morpholine rings is 1. The molecule has 0 aliphatic carbocycles. The van der Waals surface area contributed by atoms with Crippen LogP contribution in [0, 0.1) is 0 Å². The van der Waals surface area contributed by atoms with Crippen LogP contribution in [0.25, 0.3) is 0 Å². The Morgan fingerprint density at radius 2 is 2.00 bits per heavy atom. The number of carbonyl (C=O) groups is 2. The van der Waals surface area contributed by atoms with Crippen molar-refractivity contribution in [3.05, 3.63) is 23.8 Å². The van der Waals surface area contributed by atoms with Gasteiger partial charge in [0.2, 0.25) is 5.91 Å². The molecule has 1 unspecified atom stereocenters. The Balaban J connectivity index is 1.71. The lowest BCUT2D eigenvalue weighted by molar-refractivity contribution is -0.118. The lowest BCUT2D eigenvalue weighted by Crippen LogP contribution is -2.41. The Morgan fingerprint density at radius 1 is 1.23 bits per heavy atom. The van der Waals surface area contributed by atoms with Crippen LogP contribution in [0.15, 0.2) is 18.2 Å². The molecule has 0 spiro atoms. The summed E-state index contributed by atoms with van der Waals surface area (Å²) in [4.78, 5) is 28.6. The van der Waals surface area contributed by atoms with Gasteiger partial charge in [0.25, 0.3) is 5.91 Å². The van der Waals surface area contributed by atoms with Gasteiger partial charge in [-0.05, 0) is 44.4 Å². The summed E-state index contributed by atoms with van der Waals surface area (Å²) >= 11 is 0. The van der Waals surface area contributed by atoms with Gasteiger partial charge in [0.1, 0.15) is 0 Å². The number of hydrogen-bond acceptors (Lipinski definition) is 5. The molecule has 7 nitrogen and oxygen atoms in total. The van der Waals surface area contributed by atoms with Crippen molar-refractivity contribution in [2.24, 2.45) is 5.73 Å². The summed E-state index contributed by atoms with van der Waals surface area (Å²) < 4.78 is 5.29.